The number of aliphatic hydroxyl groups is 1. The van der Waals surface area contributed by atoms with E-state index in [9.17, 15) is 5.11 Å². The van der Waals surface area contributed by atoms with Crippen molar-refractivity contribution < 1.29 is 5.11 Å². The van der Waals surface area contributed by atoms with Gasteiger partial charge in [-0.1, -0.05) is 27.7 Å². The van der Waals surface area contributed by atoms with Gasteiger partial charge in [0.2, 0.25) is 0 Å². The molecule has 0 saturated heterocycles. The first-order valence-electron chi connectivity index (χ1n) is 7.73. The summed E-state index contributed by atoms with van der Waals surface area (Å²) in [7, 11) is 4.26. The standard InChI is InChI=1S/C17H30N2O/c1-12(2)15(11-18(5)6)19-8-7-13-14(19)9-17(3,4)10-16(13)20/h7-8,12,15-16,20H,9-11H2,1-6H3. The van der Waals surface area contributed by atoms with Crippen molar-refractivity contribution in [3.05, 3.63) is 23.5 Å². The maximum atomic E-state index is 10.4. The van der Waals surface area contributed by atoms with Gasteiger partial charge in [-0.25, -0.2) is 0 Å². The Bertz CT molecular complexity index is 460. The fourth-order valence-electron chi connectivity index (χ4n) is 3.46. The predicted molar refractivity (Wildman–Crippen MR) is 83.9 cm³/mol. The molecular weight excluding hydrogens is 248 g/mol. The quantitative estimate of drug-likeness (QED) is 0.916. The van der Waals surface area contributed by atoms with E-state index in [-0.39, 0.29) is 11.5 Å². The first-order chi connectivity index (χ1) is 9.21. The third kappa shape index (κ3) is 3.09. The molecule has 0 bridgehead atoms. The molecule has 1 aromatic heterocycles. The highest BCUT2D eigenvalue weighted by atomic mass is 16.3. The number of likely N-dealkylation sites (N-methyl/N-ethyl adjacent to an activating group) is 1. The number of hydrogen-bond donors (Lipinski definition) is 1. The molecule has 3 heteroatoms. The molecule has 114 valence electrons. The van der Waals surface area contributed by atoms with Crippen molar-refractivity contribution in [2.45, 2.75) is 52.7 Å². The second-order valence-corrected chi connectivity index (χ2v) is 7.76. The molecular formula is C17H30N2O. The molecule has 0 saturated carbocycles. The van der Waals surface area contributed by atoms with E-state index in [0.717, 1.165) is 24.9 Å². The Morgan fingerprint density at radius 3 is 2.60 bits per heavy atom. The lowest BCUT2D eigenvalue weighted by atomic mass is 9.75. The third-order valence-electron chi connectivity index (χ3n) is 4.49. The lowest BCUT2D eigenvalue weighted by Gasteiger charge is -2.36. The van der Waals surface area contributed by atoms with Crippen LogP contribution < -0.4 is 0 Å². The molecule has 20 heavy (non-hydrogen) atoms. The molecule has 0 aliphatic heterocycles. The van der Waals surface area contributed by atoms with Gasteiger partial charge < -0.3 is 14.6 Å². The number of rotatable bonds is 4. The SMILES string of the molecule is CC(C)C(CN(C)C)n1ccc2c1CC(C)(C)CC2O. The monoisotopic (exact) mass is 278 g/mol. The Labute approximate surface area is 123 Å². The van der Waals surface area contributed by atoms with Gasteiger partial charge >= 0.3 is 0 Å². The molecule has 3 nitrogen and oxygen atoms in total. The molecule has 1 aliphatic carbocycles. The van der Waals surface area contributed by atoms with Gasteiger partial charge in [0.15, 0.2) is 0 Å². The van der Waals surface area contributed by atoms with Gasteiger partial charge in [0.25, 0.3) is 0 Å². The smallest absolute Gasteiger partial charge is 0.0812 e. The van der Waals surface area contributed by atoms with E-state index in [1.165, 1.54) is 5.69 Å². The van der Waals surface area contributed by atoms with Crippen molar-refractivity contribution in [3.63, 3.8) is 0 Å². The molecule has 0 fully saturated rings. The van der Waals surface area contributed by atoms with Gasteiger partial charge in [0, 0.05) is 30.0 Å². The fourth-order valence-corrected chi connectivity index (χ4v) is 3.46. The summed E-state index contributed by atoms with van der Waals surface area (Å²) in [6.07, 6.45) is 3.80. The van der Waals surface area contributed by atoms with Gasteiger partial charge in [0.1, 0.15) is 0 Å². The van der Waals surface area contributed by atoms with Crippen LogP contribution >= 0.6 is 0 Å². The maximum absolute atomic E-state index is 10.4. The summed E-state index contributed by atoms with van der Waals surface area (Å²) in [4.78, 5) is 2.25. The van der Waals surface area contributed by atoms with E-state index >= 15 is 0 Å². The van der Waals surface area contributed by atoms with Crippen LogP contribution in [0.25, 0.3) is 0 Å². The third-order valence-corrected chi connectivity index (χ3v) is 4.49. The summed E-state index contributed by atoms with van der Waals surface area (Å²) in [6.45, 7) is 10.1. The fraction of sp³-hybridized carbons (Fsp3) is 0.765. The summed E-state index contributed by atoms with van der Waals surface area (Å²) in [6, 6.07) is 2.59. The van der Waals surface area contributed by atoms with Crippen LogP contribution in [0.2, 0.25) is 0 Å². The topological polar surface area (TPSA) is 28.4 Å². The van der Waals surface area contributed by atoms with Crippen molar-refractivity contribution in [3.8, 4) is 0 Å². The first-order valence-corrected chi connectivity index (χ1v) is 7.73. The molecule has 0 amide bonds. The second-order valence-electron chi connectivity index (χ2n) is 7.76. The van der Waals surface area contributed by atoms with Crippen LogP contribution in [0.4, 0.5) is 0 Å². The van der Waals surface area contributed by atoms with Crippen LogP contribution in [0.15, 0.2) is 12.3 Å². The minimum absolute atomic E-state index is 0.183. The lowest BCUT2D eigenvalue weighted by Crippen LogP contribution is -2.32. The zero-order valence-corrected chi connectivity index (χ0v) is 13.8. The highest BCUT2D eigenvalue weighted by Gasteiger charge is 2.34. The minimum atomic E-state index is -0.304. The largest absolute Gasteiger partial charge is 0.388 e. The van der Waals surface area contributed by atoms with Gasteiger partial charge in [-0.15, -0.1) is 0 Å². The van der Waals surface area contributed by atoms with E-state index < -0.39 is 0 Å². The van der Waals surface area contributed by atoms with Gasteiger partial charge in [0.05, 0.1) is 6.10 Å². The Balaban J connectivity index is 2.38. The Kier molecular flexibility index (Phi) is 4.31. The normalized spacial score (nSPS) is 23.1. The number of aromatic nitrogens is 1. The van der Waals surface area contributed by atoms with E-state index in [1.807, 2.05) is 0 Å². The molecule has 0 radical (unpaired) electrons. The highest BCUT2D eigenvalue weighted by Crippen LogP contribution is 2.42. The zero-order valence-electron chi connectivity index (χ0n) is 13.8. The Morgan fingerprint density at radius 2 is 2.05 bits per heavy atom. The Hall–Kier alpha value is -0.800. The molecule has 1 heterocycles. The average Bonchev–Trinajstić information content (AvgIpc) is 2.67. The van der Waals surface area contributed by atoms with E-state index in [2.05, 4.69) is 63.5 Å². The summed E-state index contributed by atoms with van der Waals surface area (Å²) < 4.78 is 2.42. The van der Waals surface area contributed by atoms with E-state index in [1.54, 1.807) is 0 Å². The molecule has 0 aromatic carbocycles. The summed E-state index contributed by atoms with van der Waals surface area (Å²) in [5.74, 6) is 0.580. The Morgan fingerprint density at radius 1 is 1.40 bits per heavy atom. The minimum Gasteiger partial charge on any atom is -0.388 e. The first kappa shape index (κ1) is 15.6. The molecule has 1 aliphatic rings. The summed E-state index contributed by atoms with van der Waals surface area (Å²) in [5, 5.41) is 10.4. The van der Waals surface area contributed by atoms with Crippen LogP contribution in [0.3, 0.4) is 0 Å². The molecule has 2 rings (SSSR count). The summed E-state index contributed by atoms with van der Waals surface area (Å²) in [5.41, 5.74) is 2.67. The summed E-state index contributed by atoms with van der Waals surface area (Å²) >= 11 is 0. The second kappa shape index (κ2) is 5.53. The lowest BCUT2D eigenvalue weighted by molar-refractivity contribution is 0.0964. The van der Waals surface area contributed by atoms with Crippen molar-refractivity contribution in [1.29, 1.82) is 0 Å². The van der Waals surface area contributed by atoms with Crippen LogP contribution in [0.1, 0.15) is 57.5 Å². The molecule has 0 spiro atoms. The molecule has 1 aromatic rings. The van der Waals surface area contributed by atoms with Crippen LogP contribution in [-0.4, -0.2) is 35.2 Å². The van der Waals surface area contributed by atoms with Crippen molar-refractivity contribution in [2.75, 3.05) is 20.6 Å². The molecule has 2 atom stereocenters. The number of hydrogen-bond acceptors (Lipinski definition) is 2. The molecule has 2 unspecified atom stereocenters. The molecule has 1 N–H and O–H groups in total. The van der Waals surface area contributed by atoms with Gasteiger partial charge in [-0.2, -0.15) is 0 Å². The maximum Gasteiger partial charge on any atom is 0.0812 e. The number of aliphatic hydroxyl groups excluding tert-OH is 1. The zero-order chi connectivity index (χ0) is 15.1. The van der Waals surface area contributed by atoms with E-state index in [0.29, 0.717) is 12.0 Å². The van der Waals surface area contributed by atoms with Crippen molar-refractivity contribution >= 4 is 0 Å². The van der Waals surface area contributed by atoms with E-state index in [4.69, 9.17) is 0 Å². The van der Waals surface area contributed by atoms with Crippen molar-refractivity contribution in [2.24, 2.45) is 11.3 Å². The highest BCUT2D eigenvalue weighted by molar-refractivity contribution is 5.30. The van der Waals surface area contributed by atoms with Crippen LogP contribution in [0.5, 0.6) is 0 Å². The predicted octanol–water partition coefficient (Wildman–Crippen LogP) is 3.25. The van der Waals surface area contributed by atoms with Crippen molar-refractivity contribution in [1.82, 2.24) is 9.47 Å². The van der Waals surface area contributed by atoms with Gasteiger partial charge in [-0.05, 0) is 44.3 Å². The number of fused-ring (bicyclic) bond motifs is 1. The number of nitrogens with zero attached hydrogens (tertiary/aromatic N) is 2. The van der Waals surface area contributed by atoms with Gasteiger partial charge in [-0.3, -0.25) is 0 Å². The average molecular weight is 278 g/mol. The van der Waals surface area contributed by atoms with Crippen LogP contribution in [-0.2, 0) is 6.42 Å². The van der Waals surface area contributed by atoms with Crippen LogP contribution in [0, 0.1) is 11.3 Å².